The SMILES string of the molecule is COC(=O)C(C)Nc1cnn(C)c(=O)c1Br. The molecule has 0 spiro atoms. The average Bonchev–Trinajstić information content (AvgIpc) is 2.28. The number of nitrogens with zero attached hydrogens (tertiary/aromatic N) is 2. The van der Waals surface area contributed by atoms with Gasteiger partial charge in [0.05, 0.1) is 19.0 Å². The van der Waals surface area contributed by atoms with Crippen LogP contribution in [-0.4, -0.2) is 28.9 Å². The molecule has 0 radical (unpaired) electrons. The Balaban J connectivity index is 2.95. The molecule has 88 valence electrons. The number of methoxy groups -OCH3 is 1. The number of rotatable bonds is 3. The first-order valence-corrected chi connectivity index (χ1v) is 5.32. The van der Waals surface area contributed by atoms with E-state index in [1.807, 2.05) is 0 Å². The van der Waals surface area contributed by atoms with Gasteiger partial charge in [-0.15, -0.1) is 0 Å². The predicted molar refractivity (Wildman–Crippen MR) is 62.3 cm³/mol. The lowest BCUT2D eigenvalue weighted by Crippen LogP contribution is -2.29. The van der Waals surface area contributed by atoms with Crippen LogP contribution in [0.5, 0.6) is 0 Å². The lowest BCUT2D eigenvalue weighted by Gasteiger charge is -2.13. The number of anilines is 1. The number of carbonyl (C=O) groups is 1. The molecule has 1 heterocycles. The van der Waals surface area contributed by atoms with E-state index in [0.29, 0.717) is 10.2 Å². The van der Waals surface area contributed by atoms with E-state index < -0.39 is 12.0 Å². The van der Waals surface area contributed by atoms with Gasteiger partial charge >= 0.3 is 5.97 Å². The van der Waals surface area contributed by atoms with E-state index in [-0.39, 0.29) is 5.56 Å². The molecule has 0 saturated heterocycles. The third-order valence-corrected chi connectivity index (χ3v) is 2.77. The molecule has 16 heavy (non-hydrogen) atoms. The van der Waals surface area contributed by atoms with Gasteiger partial charge in [-0.2, -0.15) is 5.10 Å². The molecule has 0 amide bonds. The number of halogens is 1. The van der Waals surface area contributed by atoms with Crippen LogP contribution in [0.3, 0.4) is 0 Å². The van der Waals surface area contributed by atoms with Crippen molar-refractivity contribution in [2.45, 2.75) is 13.0 Å². The molecule has 0 aromatic carbocycles. The molecule has 1 unspecified atom stereocenters. The summed E-state index contributed by atoms with van der Waals surface area (Å²) in [7, 11) is 2.85. The van der Waals surface area contributed by atoms with Crippen LogP contribution in [0.25, 0.3) is 0 Å². The van der Waals surface area contributed by atoms with Crippen molar-refractivity contribution in [1.29, 1.82) is 0 Å². The molecule has 1 aromatic rings. The highest BCUT2D eigenvalue weighted by molar-refractivity contribution is 9.10. The quantitative estimate of drug-likeness (QED) is 0.821. The second-order valence-electron chi connectivity index (χ2n) is 3.19. The van der Waals surface area contributed by atoms with E-state index in [0.717, 1.165) is 0 Å². The molecule has 7 heteroatoms. The lowest BCUT2D eigenvalue weighted by atomic mass is 10.3. The van der Waals surface area contributed by atoms with Crippen LogP contribution in [0.4, 0.5) is 5.69 Å². The van der Waals surface area contributed by atoms with Gasteiger partial charge < -0.3 is 10.1 Å². The summed E-state index contributed by atoms with van der Waals surface area (Å²) in [6.45, 7) is 1.63. The standard InChI is InChI=1S/C9H12BrN3O3/c1-5(9(15)16-3)12-6-4-11-13(2)8(14)7(6)10/h4-5,12H,1-3H3. The van der Waals surface area contributed by atoms with E-state index in [1.165, 1.54) is 18.0 Å². The minimum absolute atomic E-state index is 0.276. The molecule has 0 bridgehead atoms. The van der Waals surface area contributed by atoms with Crippen molar-refractivity contribution in [3.63, 3.8) is 0 Å². The Labute approximate surface area is 101 Å². The zero-order valence-corrected chi connectivity index (χ0v) is 10.7. The molecule has 0 fully saturated rings. The van der Waals surface area contributed by atoms with Crippen molar-refractivity contribution in [2.75, 3.05) is 12.4 Å². The van der Waals surface area contributed by atoms with Gasteiger partial charge in [-0.3, -0.25) is 4.79 Å². The van der Waals surface area contributed by atoms with Crippen LogP contribution in [0.2, 0.25) is 0 Å². The van der Waals surface area contributed by atoms with Crippen LogP contribution in [0.1, 0.15) is 6.92 Å². The largest absolute Gasteiger partial charge is 0.467 e. The maximum atomic E-state index is 11.5. The van der Waals surface area contributed by atoms with Gasteiger partial charge in [0.25, 0.3) is 5.56 Å². The van der Waals surface area contributed by atoms with E-state index in [1.54, 1.807) is 14.0 Å². The fraction of sp³-hybridized carbons (Fsp3) is 0.444. The monoisotopic (exact) mass is 289 g/mol. The van der Waals surface area contributed by atoms with Crippen molar-refractivity contribution >= 4 is 27.6 Å². The second kappa shape index (κ2) is 5.11. The van der Waals surface area contributed by atoms with Gasteiger partial charge in [0.15, 0.2) is 0 Å². The molecule has 1 atom stereocenters. The zero-order chi connectivity index (χ0) is 12.3. The summed E-state index contributed by atoms with van der Waals surface area (Å²) >= 11 is 3.14. The molecule has 1 aromatic heterocycles. The Morgan fingerprint density at radius 3 is 2.88 bits per heavy atom. The first-order valence-electron chi connectivity index (χ1n) is 4.53. The highest BCUT2D eigenvalue weighted by Gasteiger charge is 2.15. The van der Waals surface area contributed by atoms with E-state index in [4.69, 9.17) is 0 Å². The minimum Gasteiger partial charge on any atom is -0.467 e. The van der Waals surface area contributed by atoms with Crippen LogP contribution < -0.4 is 10.9 Å². The molecule has 0 aliphatic rings. The third kappa shape index (κ3) is 2.60. The summed E-state index contributed by atoms with van der Waals surface area (Å²) in [5.74, 6) is -0.410. The molecule has 0 aliphatic heterocycles. The van der Waals surface area contributed by atoms with Gasteiger partial charge in [0, 0.05) is 7.05 Å². The number of hydrogen-bond acceptors (Lipinski definition) is 5. The Bertz CT molecular complexity index is 458. The molecule has 0 saturated carbocycles. The summed E-state index contributed by atoms with van der Waals surface area (Å²) in [4.78, 5) is 22.7. The molecule has 1 N–H and O–H groups in total. The smallest absolute Gasteiger partial charge is 0.327 e. The molecule has 6 nitrogen and oxygen atoms in total. The number of carbonyl (C=O) groups excluding carboxylic acids is 1. The summed E-state index contributed by atoms with van der Waals surface area (Å²) in [6.07, 6.45) is 1.46. The Morgan fingerprint density at radius 2 is 2.31 bits per heavy atom. The third-order valence-electron chi connectivity index (χ3n) is 2.00. The van der Waals surface area contributed by atoms with Crippen molar-refractivity contribution in [1.82, 2.24) is 9.78 Å². The topological polar surface area (TPSA) is 73.2 Å². The number of aromatic nitrogens is 2. The zero-order valence-electron chi connectivity index (χ0n) is 9.15. The Kier molecular flexibility index (Phi) is 4.05. The maximum absolute atomic E-state index is 11.5. The van der Waals surface area contributed by atoms with Crippen molar-refractivity contribution in [2.24, 2.45) is 7.05 Å². The maximum Gasteiger partial charge on any atom is 0.327 e. The Morgan fingerprint density at radius 1 is 1.69 bits per heavy atom. The van der Waals surface area contributed by atoms with Gasteiger partial charge in [-0.1, -0.05) is 0 Å². The Hall–Kier alpha value is -1.37. The second-order valence-corrected chi connectivity index (χ2v) is 3.98. The fourth-order valence-corrected chi connectivity index (χ4v) is 1.55. The molecule has 1 rings (SSSR count). The first kappa shape index (κ1) is 12.7. The van der Waals surface area contributed by atoms with E-state index >= 15 is 0 Å². The fourth-order valence-electron chi connectivity index (χ4n) is 1.08. The minimum atomic E-state index is -0.546. The number of nitrogens with one attached hydrogen (secondary N) is 1. The van der Waals surface area contributed by atoms with Crippen LogP contribution in [-0.2, 0) is 16.6 Å². The van der Waals surface area contributed by atoms with Gasteiger partial charge in [-0.25, -0.2) is 9.48 Å². The van der Waals surface area contributed by atoms with Crippen LogP contribution >= 0.6 is 15.9 Å². The highest BCUT2D eigenvalue weighted by Crippen LogP contribution is 2.16. The molecule has 0 aliphatic carbocycles. The number of hydrogen-bond donors (Lipinski definition) is 1. The van der Waals surface area contributed by atoms with Gasteiger partial charge in [-0.05, 0) is 22.9 Å². The molecular weight excluding hydrogens is 278 g/mol. The van der Waals surface area contributed by atoms with Crippen LogP contribution in [0.15, 0.2) is 15.5 Å². The van der Waals surface area contributed by atoms with Crippen molar-refractivity contribution in [3.8, 4) is 0 Å². The van der Waals surface area contributed by atoms with Crippen LogP contribution in [0, 0.1) is 0 Å². The van der Waals surface area contributed by atoms with E-state index in [9.17, 15) is 9.59 Å². The molecular formula is C9H12BrN3O3. The lowest BCUT2D eigenvalue weighted by molar-refractivity contribution is -0.141. The van der Waals surface area contributed by atoms with Crippen molar-refractivity contribution in [3.05, 3.63) is 21.0 Å². The van der Waals surface area contributed by atoms with Gasteiger partial charge in [0.1, 0.15) is 10.5 Å². The normalized spacial score (nSPS) is 12.0. The first-order chi connectivity index (χ1) is 7.47. The summed E-state index contributed by atoms with van der Waals surface area (Å²) in [5, 5.41) is 6.67. The highest BCUT2D eigenvalue weighted by atomic mass is 79.9. The number of ether oxygens (including phenoxy) is 1. The summed E-state index contributed by atoms with van der Waals surface area (Å²) in [5.41, 5.74) is 0.183. The average molecular weight is 290 g/mol. The number of aryl methyl sites for hydroxylation is 1. The van der Waals surface area contributed by atoms with Crippen molar-refractivity contribution < 1.29 is 9.53 Å². The van der Waals surface area contributed by atoms with Gasteiger partial charge in [0.2, 0.25) is 0 Å². The summed E-state index contributed by atoms with van der Waals surface area (Å²) in [6, 6.07) is -0.546. The number of esters is 1. The van der Waals surface area contributed by atoms with E-state index in [2.05, 4.69) is 31.1 Å². The predicted octanol–water partition coefficient (Wildman–Crippen LogP) is 0.516. The summed E-state index contributed by atoms with van der Waals surface area (Å²) < 4.78 is 6.08.